The summed E-state index contributed by atoms with van der Waals surface area (Å²) < 4.78 is 11.9. The summed E-state index contributed by atoms with van der Waals surface area (Å²) in [6.07, 6.45) is -0.454. The van der Waals surface area contributed by atoms with Crippen LogP contribution in [0.15, 0.2) is 17.1 Å². The highest BCUT2D eigenvalue weighted by Gasteiger charge is 2.36. The van der Waals surface area contributed by atoms with Gasteiger partial charge in [-0.3, -0.25) is 9.36 Å². The van der Waals surface area contributed by atoms with E-state index in [4.69, 9.17) is 15.2 Å². The molecule has 0 bridgehead atoms. The van der Waals surface area contributed by atoms with Crippen molar-refractivity contribution in [2.45, 2.75) is 38.7 Å². The largest absolute Gasteiger partial charge is 0.463 e. The fraction of sp³-hybridized carbons (Fsp3) is 0.615. The summed E-state index contributed by atoms with van der Waals surface area (Å²) in [5.41, 5.74) is 4.87. The monoisotopic (exact) mass is 297 g/mol. The lowest BCUT2D eigenvalue weighted by molar-refractivity contribution is -0.153. The summed E-state index contributed by atoms with van der Waals surface area (Å²) >= 11 is 0. The molecule has 0 spiro atoms. The van der Waals surface area contributed by atoms with Crippen molar-refractivity contribution in [2.24, 2.45) is 5.92 Å². The molecular formula is C13H19N3O5. The Labute approximate surface area is 121 Å². The van der Waals surface area contributed by atoms with Crippen LogP contribution < -0.4 is 11.4 Å². The van der Waals surface area contributed by atoms with Gasteiger partial charge < -0.3 is 20.3 Å². The fourth-order valence-electron chi connectivity index (χ4n) is 2.01. The third-order valence-corrected chi connectivity index (χ3v) is 3.23. The summed E-state index contributed by atoms with van der Waals surface area (Å²) in [6, 6.07) is 1.48. The van der Waals surface area contributed by atoms with E-state index in [0.29, 0.717) is 0 Å². The summed E-state index contributed by atoms with van der Waals surface area (Å²) in [5, 5.41) is 9.94. The van der Waals surface area contributed by atoms with Gasteiger partial charge >= 0.3 is 11.7 Å². The number of nitrogens with zero attached hydrogens (tertiary/aromatic N) is 2. The van der Waals surface area contributed by atoms with E-state index in [1.54, 1.807) is 13.8 Å². The molecule has 0 amide bonds. The number of esters is 1. The molecule has 0 radical (unpaired) electrons. The Bertz CT molecular complexity index is 571. The number of carbonyl (C=O) groups excluding carboxylic acids is 1. The van der Waals surface area contributed by atoms with E-state index >= 15 is 0 Å². The van der Waals surface area contributed by atoms with E-state index in [-0.39, 0.29) is 30.7 Å². The van der Waals surface area contributed by atoms with Crippen LogP contribution in [0.3, 0.4) is 0 Å². The molecule has 2 heterocycles. The Morgan fingerprint density at radius 3 is 3.00 bits per heavy atom. The second-order valence-corrected chi connectivity index (χ2v) is 5.26. The molecule has 1 aromatic heterocycles. The van der Waals surface area contributed by atoms with Crippen molar-refractivity contribution in [3.8, 4) is 0 Å². The van der Waals surface area contributed by atoms with E-state index in [1.807, 2.05) is 0 Å². The van der Waals surface area contributed by atoms with E-state index in [9.17, 15) is 14.7 Å². The van der Waals surface area contributed by atoms with Crippen molar-refractivity contribution < 1.29 is 19.4 Å². The lowest BCUT2D eigenvalue weighted by Crippen LogP contribution is -2.30. The van der Waals surface area contributed by atoms with E-state index < -0.39 is 24.1 Å². The van der Waals surface area contributed by atoms with Crippen LogP contribution in [0.1, 0.15) is 26.5 Å². The first-order chi connectivity index (χ1) is 9.88. The van der Waals surface area contributed by atoms with Gasteiger partial charge in [0, 0.05) is 12.6 Å². The number of aromatic nitrogens is 2. The molecule has 8 nitrogen and oxygen atoms in total. The van der Waals surface area contributed by atoms with Gasteiger partial charge in [-0.2, -0.15) is 4.98 Å². The van der Waals surface area contributed by atoms with Crippen molar-refractivity contribution in [1.82, 2.24) is 9.55 Å². The first kappa shape index (κ1) is 15.5. The molecule has 1 saturated heterocycles. The normalized spacial score (nSPS) is 25.2. The fourth-order valence-corrected chi connectivity index (χ4v) is 2.01. The number of aliphatic hydroxyl groups is 1. The number of hydrogen-bond donors (Lipinski definition) is 2. The molecule has 0 aromatic carbocycles. The maximum atomic E-state index is 11.7. The molecule has 1 aliphatic rings. The topological polar surface area (TPSA) is 117 Å². The molecule has 8 heteroatoms. The van der Waals surface area contributed by atoms with Crippen LogP contribution in [0.25, 0.3) is 0 Å². The molecule has 0 unspecified atom stereocenters. The van der Waals surface area contributed by atoms with Gasteiger partial charge in [0.2, 0.25) is 0 Å². The van der Waals surface area contributed by atoms with Gasteiger partial charge in [0.05, 0.1) is 12.0 Å². The average Bonchev–Trinajstić information content (AvgIpc) is 2.76. The highest BCUT2D eigenvalue weighted by Crippen LogP contribution is 2.27. The number of ether oxygens (including phenoxy) is 2. The first-order valence-corrected chi connectivity index (χ1v) is 6.73. The van der Waals surface area contributed by atoms with Gasteiger partial charge in [0.25, 0.3) is 0 Å². The minimum atomic E-state index is -0.820. The van der Waals surface area contributed by atoms with E-state index in [0.717, 1.165) is 0 Å². The minimum Gasteiger partial charge on any atom is -0.463 e. The molecular weight excluding hydrogens is 278 g/mol. The maximum absolute atomic E-state index is 11.7. The number of carbonyl (C=O) groups is 1. The van der Waals surface area contributed by atoms with Gasteiger partial charge in [-0.1, -0.05) is 13.8 Å². The third-order valence-electron chi connectivity index (χ3n) is 3.23. The molecule has 2 rings (SSSR count). The number of anilines is 1. The van der Waals surface area contributed by atoms with E-state index in [1.165, 1.54) is 16.8 Å². The Balaban J connectivity index is 2.00. The number of aliphatic hydroxyl groups excluding tert-OH is 1. The summed E-state index contributed by atoms with van der Waals surface area (Å²) in [7, 11) is 0. The summed E-state index contributed by atoms with van der Waals surface area (Å²) in [4.78, 5) is 26.7. The van der Waals surface area contributed by atoms with Crippen molar-refractivity contribution in [2.75, 3.05) is 12.3 Å². The number of nitrogen functional groups attached to an aromatic ring is 1. The third kappa shape index (κ3) is 3.59. The quantitative estimate of drug-likeness (QED) is 0.731. The summed E-state index contributed by atoms with van der Waals surface area (Å²) in [5.74, 6) is -0.485. The standard InChI is InChI=1S/C13H19N3O5/c1-7(2)12(18)20-6-9-8(17)5-11(21-9)16-4-3-10(14)15-13(16)19/h3-4,7-9,11,17H,5-6H2,1-2H3,(H2,14,15,19)/t8-,9+,11+/m0/s1. The van der Waals surface area contributed by atoms with Crippen molar-refractivity contribution in [3.63, 3.8) is 0 Å². The molecule has 1 aliphatic heterocycles. The second kappa shape index (κ2) is 6.23. The van der Waals surface area contributed by atoms with Gasteiger partial charge in [-0.15, -0.1) is 0 Å². The maximum Gasteiger partial charge on any atom is 0.351 e. The lowest BCUT2D eigenvalue weighted by Gasteiger charge is -2.16. The van der Waals surface area contributed by atoms with E-state index in [2.05, 4.69) is 4.98 Å². The molecule has 1 aromatic rings. The van der Waals surface area contributed by atoms with Crippen LogP contribution in [0.4, 0.5) is 5.82 Å². The Hall–Kier alpha value is -1.93. The molecule has 21 heavy (non-hydrogen) atoms. The number of nitrogens with two attached hydrogens (primary N) is 1. The molecule has 3 N–H and O–H groups in total. The van der Waals surface area contributed by atoms with Crippen molar-refractivity contribution in [3.05, 3.63) is 22.7 Å². The van der Waals surface area contributed by atoms with Crippen LogP contribution in [0, 0.1) is 5.92 Å². The zero-order valence-corrected chi connectivity index (χ0v) is 11.9. The molecule has 3 atom stereocenters. The van der Waals surface area contributed by atoms with Crippen molar-refractivity contribution >= 4 is 11.8 Å². The molecule has 0 aliphatic carbocycles. The zero-order chi connectivity index (χ0) is 15.6. The minimum absolute atomic E-state index is 0.0498. The molecule has 1 fully saturated rings. The number of rotatable bonds is 4. The highest BCUT2D eigenvalue weighted by molar-refractivity contribution is 5.71. The SMILES string of the molecule is CC(C)C(=O)OC[C@H]1O[C@@H](n2ccc(N)nc2=O)C[C@@H]1O. The lowest BCUT2D eigenvalue weighted by atomic mass is 10.2. The Morgan fingerprint density at radius 1 is 1.67 bits per heavy atom. The molecule has 0 saturated carbocycles. The predicted molar refractivity (Wildman–Crippen MR) is 73.2 cm³/mol. The zero-order valence-electron chi connectivity index (χ0n) is 11.9. The Kier molecular flexibility index (Phi) is 4.59. The van der Waals surface area contributed by atoms with Gasteiger partial charge in [0.1, 0.15) is 24.8 Å². The van der Waals surface area contributed by atoms with Crippen LogP contribution in [-0.2, 0) is 14.3 Å². The summed E-state index contributed by atoms with van der Waals surface area (Å²) in [6.45, 7) is 3.39. The van der Waals surface area contributed by atoms with Gasteiger partial charge in [0.15, 0.2) is 0 Å². The Morgan fingerprint density at radius 2 is 2.38 bits per heavy atom. The number of hydrogen-bond acceptors (Lipinski definition) is 7. The van der Waals surface area contributed by atoms with Crippen LogP contribution in [0.2, 0.25) is 0 Å². The average molecular weight is 297 g/mol. The first-order valence-electron chi connectivity index (χ1n) is 6.73. The predicted octanol–water partition coefficient (Wildman–Crippen LogP) is -0.327. The van der Waals surface area contributed by atoms with Gasteiger partial charge in [-0.05, 0) is 6.07 Å². The highest BCUT2D eigenvalue weighted by atomic mass is 16.6. The van der Waals surface area contributed by atoms with Crippen LogP contribution >= 0.6 is 0 Å². The smallest absolute Gasteiger partial charge is 0.351 e. The second-order valence-electron chi connectivity index (χ2n) is 5.26. The van der Waals surface area contributed by atoms with Crippen LogP contribution in [0.5, 0.6) is 0 Å². The van der Waals surface area contributed by atoms with Crippen molar-refractivity contribution in [1.29, 1.82) is 0 Å². The van der Waals surface area contributed by atoms with Crippen LogP contribution in [-0.4, -0.2) is 39.4 Å². The van der Waals surface area contributed by atoms with Gasteiger partial charge in [-0.25, -0.2) is 4.79 Å². The molecule has 116 valence electrons.